The fourth-order valence-electron chi connectivity index (χ4n) is 1.66. The number of rotatable bonds is 4. The lowest BCUT2D eigenvalue weighted by molar-refractivity contribution is 0.303. The van der Waals surface area contributed by atoms with Gasteiger partial charge < -0.3 is 4.74 Å². The quantitative estimate of drug-likeness (QED) is 0.635. The highest BCUT2D eigenvalue weighted by atomic mass is 79.9. The molecule has 0 saturated heterocycles. The first kappa shape index (κ1) is 15.6. The summed E-state index contributed by atoms with van der Waals surface area (Å²) in [5, 5.41) is 0. The number of hydrogen-bond acceptors (Lipinski definition) is 1. The number of ether oxygens (including phenoxy) is 1. The van der Waals surface area contributed by atoms with Crippen molar-refractivity contribution in [3.05, 3.63) is 70.0 Å². The normalized spacial score (nSPS) is 10.3. The highest BCUT2D eigenvalue weighted by Crippen LogP contribution is 2.34. The molecule has 0 spiro atoms. The van der Waals surface area contributed by atoms with Crippen LogP contribution in [-0.2, 0) is 6.61 Å². The zero-order valence-corrected chi connectivity index (χ0v) is 12.1. The Labute approximate surface area is 127 Å². The molecule has 2 rings (SSSR count). The van der Waals surface area contributed by atoms with Crippen LogP contribution in [0.5, 0.6) is 5.75 Å². The molecule has 0 unspecified atom stereocenters. The van der Waals surface area contributed by atoms with Crippen molar-refractivity contribution >= 4 is 21.8 Å². The Bertz CT molecular complexity index is 667. The number of halogens is 5. The standard InChI is InChI=1S/C15H9BrF4O/c16-11-7-13(21-8-9-4-2-1-3-5-9)10(6-12(11)17)14(18)15(19)20/h1-7H,8H2. The average molecular weight is 361 g/mol. The van der Waals surface area contributed by atoms with Gasteiger partial charge in [-0.3, -0.25) is 0 Å². The molecule has 0 N–H and O–H groups in total. The zero-order valence-electron chi connectivity index (χ0n) is 10.5. The van der Waals surface area contributed by atoms with Crippen LogP contribution in [0.2, 0.25) is 0 Å². The Hall–Kier alpha value is -1.82. The summed E-state index contributed by atoms with van der Waals surface area (Å²) in [7, 11) is 0. The van der Waals surface area contributed by atoms with Crippen LogP contribution in [0.3, 0.4) is 0 Å². The maximum Gasteiger partial charge on any atom is 0.306 e. The average Bonchev–Trinajstić information content (AvgIpc) is 2.48. The van der Waals surface area contributed by atoms with Crippen molar-refractivity contribution in [3.8, 4) is 5.75 Å². The van der Waals surface area contributed by atoms with E-state index in [1.807, 2.05) is 6.07 Å². The molecule has 0 aliphatic rings. The van der Waals surface area contributed by atoms with E-state index in [2.05, 4.69) is 15.9 Å². The van der Waals surface area contributed by atoms with E-state index >= 15 is 0 Å². The monoisotopic (exact) mass is 360 g/mol. The topological polar surface area (TPSA) is 9.23 Å². The molecule has 0 radical (unpaired) electrons. The second-order valence-corrected chi connectivity index (χ2v) is 4.97. The van der Waals surface area contributed by atoms with E-state index in [4.69, 9.17) is 4.74 Å². The molecular weight excluding hydrogens is 352 g/mol. The fourth-order valence-corrected chi connectivity index (χ4v) is 1.98. The lowest BCUT2D eigenvalue weighted by Gasteiger charge is -2.11. The molecule has 0 aliphatic heterocycles. The molecule has 0 atom stereocenters. The predicted octanol–water partition coefficient (Wildman–Crippen LogP) is 5.70. The summed E-state index contributed by atoms with van der Waals surface area (Å²) >= 11 is 2.91. The van der Waals surface area contributed by atoms with E-state index in [0.29, 0.717) is 6.07 Å². The highest BCUT2D eigenvalue weighted by Gasteiger charge is 2.18. The molecule has 21 heavy (non-hydrogen) atoms. The van der Waals surface area contributed by atoms with Gasteiger partial charge in [0.15, 0.2) is 5.83 Å². The van der Waals surface area contributed by atoms with Crippen LogP contribution in [0, 0.1) is 5.82 Å². The predicted molar refractivity (Wildman–Crippen MR) is 75.1 cm³/mol. The first-order valence-electron chi connectivity index (χ1n) is 5.86. The van der Waals surface area contributed by atoms with Gasteiger partial charge in [-0.1, -0.05) is 30.3 Å². The Balaban J connectivity index is 2.33. The summed E-state index contributed by atoms with van der Waals surface area (Å²) in [5.74, 6) is -2.82. The minimum atomic E-state index is -2.53. The summed E-state index contributed by atoms with van der Waals surface area (Å²) in [6.07, 6.45) is -2.53. The Morgan fingerprint density at radius 1 is 1.05 bits per heavy atom. The summed E-state index contributed by atoms with van der Waals surface area (Å²) in [4.78, 5) is 0. The minimum Gasteiger partial charge on any atom is -0.488 e. The van der Waals surface area contributed by atoms with Crippen molar-refractivity contribution in [3.63, 3.8) is 0 Å². The van der Waals surface area contributed by atoms with Crippen molar-refractivity contribution in [2.75, 3.05) is 0 Å². The molecule has 6 heteroatoms. The molecule has 110 valence electrons. The van der Waals surface area contributed by atoms with Gasteiger partial charge in [-0.25, -0.2) is 8.78 Å². The van der Waals surface area contributed by atoms with Crippen LogP contribution >= 0.6 is 15.9 Å². The molecule has 2 aromatic rings. The summed E-state index contributed by atoms with van der Waals surface area (Å²) < 4.78 is 57.0. The Kier molecular flexibility index (Phi) is 5.01. The van der Waals surface area contributed by atoms with Crippen LogP contribution in [0.1, 0.15) is 11.1 Å². The third kappa shape index (κ3) is 3.85. The van der Waals surface area contributed by atoms with Gasteiger partial charge in [0.05, 0.1) is 10.0 Å². The zero-order chi connectivity index (χ0) is 15.4. The first-order valence-corrected chi connectivity index (χ1v) is 6.65. The molecule has 0 fully saturated rings. The molecule has 0 heterocycles. The fraction of sp³-hybridized carbons (Fsp3) is 0.0667. The van der Waals surface area contributed by atoms with Crippen LogP contribution in [0.15, 0.2) is 53.0 Å². The van der Waals surface area contributed by atoms with Crippen LogP contribution < -0.4 is 4.74 Å². The van der Waals surface area contributed by atoms with Gasteiger partial charge >= 0.3 is 6.08 Å². The van der Waals surface area contributed by atoms with Crippen LogP contribution in [0.25, 0.3) is 5.83 Å². The third-order valence-electron chi connectivity index (χ3n) is 2.66. The van der Waals surface area contributed by atoms with Crippen LogP contribution in [0.4, 0.5) is 17.6 Å². The van der Waals surface area contributed by atoms with E-state index in [1.165, 1.54) is 0 Å². The minimum absolute atomic E-state index is 0.00128. The van der Waals surface area contributed by atoms with Crippen molar-refractivity contribution in [2.24, 2.45) is 0 Å². The van der Waals surface area contributed by atoms with E-state index < -0.39 is 23.3 Å². The lowest BCUT2D eigenvalue weighted by atomic mass is 10.1. The summed E-state index contributed by atoms with van der Waals surface area (Å²) in [6, 6.07) is 10.7. The maximum atomic E-state index is 13.4. The number of benzene rings is 2. The van der Waals surface area contributed by atoms with E-state index in [1.54, 1.807) is 24.3 Å². The van der Waals surface area contributed by atoms with Gasteiger partial charge in [-0.05, 0) is 33.6 Å². The molecule has 0 saturated carbocycles. The van der Waals surface area contributed by atoms with Gasteiger partial charge in [0.25, 0.3) is 0 Å². The smallest absolute Gasteiger partial charge is 0.306 e. The van der Waals surface area contributed by atoms with Crippen LogP contribution in [-0.4, -0.2) is 0 Å². The van der Waals surface area contributed by atoms with Crippen molar-refractivity contribution in [2.45, 2.75) is 6.61 Å². The summed E-state index contributed by atoms with van der Waals surface area (Å²) in [5.41, 5.74) is 0.153. The molecule has 0 aliphatic carbocycles. The SMILES string of the molecule is FC(F)=C(F)c1cc(F)c(Br)cc1OCc1ccccc1. The highest BCUT2D eigenvalue weighted by molar-refractivity contribution is 9.10. The molecule has 0 amide bonds. The second-order valence-electron chi connectivity index (χ2n) is 4.11. The Morgan fingerprint density at radius 2 is 1.71 bits per heavy atom. The number of hydrogen-bond donors (Lipinski definition) is 0. The molecular formula is C15H9BrF4O. The largest absolute Gasteiger partial charge is 0.488 e. The molecule has 0 bridgehead atoms. The van der Waals surface area contributed by atoms with E-state index in [0.717, 1.165) is 11.6 Å². The lowest BCUT2D eigenvalue weighted by Crippen LogP contribution is -1.99. The van der Waals surface area contributed by atoms with Gasteiger partial charge in [0.2, 0.25) is 0 Å². The Morgan fingerprint density at radius 3 is 2.33 bits per heavy atom. The molecule has 2 aromatic carbocycles. The van der Waals surface area contributed by atoms with E-state index in [9.17, 15) is 17.6 Å². The van der Waals surface area contributed by atoms with Gasteiger partial charge in [0.1, 0.15) is 18.2 Å². The molecule has 0 aromatic heterocycles. The third-order valence-corrected chi connectivity index (χ3v) is 3.27. The van der Waals surface area contributed by atoms with Gasteiger partial charge in [-0.15, -0.1) is 0 Å². The first-order chi connectivity index (χ1) is 9.99. The van der Waals surface area contributed by atoms with Crippen molar-refractivity contribution < 1.29 is 22.3 Å². The maximum absolute atomic E-state index is 13.4. The molecule has 1 nitrogen and oxygen atoms in total. The van der Waals surface area contributed by atoms with Crippen molar-refractivity contribution in [1.82, 2.24) is 0 Å². The second kappa shape index (κ2) is 6.76. The van der Waals surface area contributed by atoms with Gasteiger partial charge in [-0.2, -0.15) is 8.78 Å². The van der Waals surface area contributed by atoms with Gasteiger partial charge in [0, 0.05) is 0 Å². The van der Waals surface area contributed by atoms with E-state index in [-0.39, 0.29) is 16.8 Å². The van der Waals surface area contributed by atoms with Crippen molar-refractivity contribution in [1.29, 1.82) is 0 Å². The summed E-state index contributed by atoms with van der Waals surface area (Å²) in [6.45, 7) is 0.0487.